The van der Waals surface area contributed by atoms with Gasteiger partial charge in [-0.15, -0.1) is 0 Å². The van der Waals surface area contributed by atoms with Crippen LogP contribution >= 0.6 is 0 Å². The fraction of sp³-hybridized carbons (Fsp3) is 0.286. The zero-order valence-electron chi connectivity index (χ0n) is 14.7. The van der Waals surface area contributed by atoms with Crippen LogP contribution in [0.25, 0.3) is 22.4 Å². The summed E-state index contributed by atoms with van der Waals surface area (Å²) in [5.74, 6) is 1.58. The number of carbonyl (C=O) groups excluding carboxylic acids is 1. The molecule has 3 heteroatoms. The number of benzene rings is 2. The second-order valence-corrected chi connectivity index (χ2v) is 7.45. The van der Waals surface area contributed by atoms with Gasteiger partial charge in [0.15, 0.2) is 0 Å². The Balaban J connectivity index is 2.13. The van der Waals surface area contributed by atoms with E-state index in [1.165, 1.54) is 0 Å². The Morgan fingerprint density at radius 3 is 2.29 bits per heavy atom. The first-order chi connectivity index (χ1) is 11.4. The van der Waals surface area contributed by atoms with Gasteiger partial charge in [0, 0.05) is 5.56 Å². The molecule has 1 radical (unpaired) electrons. The lowest BCUT2D eigenvalue weighted by molar-refractivity contribution is 0.0920. The molecule has 0 aliphatic carbocycles. The van der Waals surface area contributed by atoms with Crippen molar-refractivity contribution < 1.29 is 4.79 Å². The van der Waals surface area contributed by atoms with Gasteiger partial charge < -0.3 is 0 Å². The second-order valence-electron chi connectivity index (χ2n) is 7.45. The quantitative estimate of drug-likeness (QED) is 0.650. The lowest BCUT2D eigenvalue weighted by Crippen LogP contribution is -2.23. The van der Waals surface area contributed by atoms with Gasteiger partial charge in [0.1, 0.15) is 5.82 Å². The summed E-state index contributed by atoms with van der Waals surface area (Å²) in [5.41, 5.74) is 2.72. The normalized spacial score (nSPS) is 12.0. The summed E-state index contributed by atoms with van der Waals surface area (Å²) >= 11 is 0. The van der Waals surface area contributed by atoms with E-state index < -0.39 is 0 Å². The highest BCUT2D eigenvalue weighted by Gasteiger charge is 2.26. The van der Waals surface area contributed by atoms with Crippen molar-refractivity contribution in [2.45, 2.75) is 34.1 Å². The van der Waals surface area contributed by atoms with Crippen LogP contribution in [0.5, 0.6) is 0 Å². The third-order valence-electron chi connectivity index (χ3n) is 3.96. The fourth-order valence-corrected chi connectivity index (χ4v) is 3.07. The minimum atomic E-state index is 0.0254. The molecule has 0 atom stereocenters. The third-order valence-corrected chi connectivity index (χ3v) is 3.96. The fourth-order valence-electron chi connectivity index (χ4n) is 3.07. The Morgan fingerprint density at radius 1 is 1.00 bits per heavy atom. The van der Waals surface area contributed by atoms with E-state index in [-0.39, 0.29) is 11.3 Å². The molecule has 0 N–H and O–H groups in total. The molecule has 0 unspecified atom stereocenters. The molecule has 0 aliphatic heterocycles. The molecule has 0 spiro atoms. The third kappa shape index (κ3) is 3.25. The van der Waals surface area contributed by atoms with Crippen LogP contribution in [0, 0.1) is 11.3 Å². The van der Waals surface area contributed by atoms with Crippen molar-refractivity contribution in [3.63, 3.8) is 0 Å². The number of hydrogen-bond acceptors (Lipinski definition) is 2. The Labute approximate surface area is 143 Å². The number of rotatable bonds is 3. The van der Waals surface area contributed by atoms with Gasteiger partial charge in [-0.3, -0.25) is 9.36 Å². The van der Waals surface area contributed by atoms with E-state index in [9.17, 15) is 4.79 Å². The molecule has 123 valence electrons. The first-order valence-electron chi connectivity index (χ1n) is 8.27. The van der Waals surface area contributed by atoms with Gasteiger partial charge in [-0.2, -0.15) is 0 Å². The highest BCUT2D eigenvalue weighted by atomic mass is 16.2. The van der Waals surface area contributed by atoms with Crippen molar-refractivity contribution in [2.24, 2.45) is 5.41 Å². The van der Waals surface area contributed by atoms with Crippen molar-refractivity contribution in [1.82, 2.24) is 9.55 Å². The van der Waals surface area contributed by atoms with Crippen LogP contribution in [-0.4, -0.2) is 15.5 Å². The molecule has 0 saturated carbocycles. The van der Waals surface area contributed by atoms with Gasteiger partial charge >= 0.3 is 0 Å². The van der Waals surface area contributed by atoms with E-state index in [1.807, 2.05) is 61.5 Å². The lowest BCUT2D eigenvalue weighted by Gasteiger charge is -2.22. The zero-order valence-corrected chi connectivity index (χ0v) is 14.7. The molecule has 0 fully saturated rings. The molecule has 1 heterocycles. The summed E-state index contributed by atoms with van der Waals surface area (Å²) < 4.78 is 1.76. The van der Waals surface area contributed by atoms with Crippen molar-refractivity contribution in [1.29, 1.82) is 0 Å². The molecule has 3 aromatic rings. The number of para-hydroxylation sites is 2. The number of fused-ring (bicyclic) bond motifs is 1. The van der Waals surface area contributed by atoms with Crippen LogP contribution in [0.1, 0.15) is 38.9 Å². The highest BCUT2D eigenvalue weighted by Crippen LogP contribution is 2.30. The van der Waals surface area contributed by atoms with Crippen molar-refractivity contribution in [2.75, 3.05) is 0 Å². The van der Waals surface area contributed by atoms with Gasteiger partial charge in [-0.05, 0) is 30.9 Å². The number of hydrogen-bond donors (Lipinski definition) is 0. The molecular formula is C21H23N2O. The predicted octanol–water partition coefficient (Wildman–Crippen LogP) is 5.37. The molecule has 24 heavy (non-hydrogen) atoms. The summed E-state index contributed by atoms with van der Waals surface area (Å²) in [6.45, 7) is 8.37. The van der Waals surface area contributed by atoms with E-state index in [2.05, 4.69) is 20.8 Å². The molecule has 0 saturated heterocycles. The van der Waals surface area contributed by atoms with Gasteiger partial charge in [0.2, 0.25) is 5.91 Å². The van der Waals surface area contributed by atoms with Crippen molar-refractivity contribution in [3.05, 3.63) is 60.5 Å². The Morgan fingerprint density at radius 2 is 1.62 bits per heavy atom. The Hall–Kier alpha value is -2.42. The predicted molar refractivity (Wildman–Crippen MR) is 98.8 cm³/mol. The van der Waals surface area contributed by atoms with E-state index in [4.69, 9.17) is 4.98 Å². The molecule has 0 aliphatic rings. The van der Waals surface area contributed by atoms with Gasteiger partial charge in [-0.1, -0.05) is 63.2 Å². The highest BCUT2D eigenvalue weighted by molar-refractivity contribution is 6.01. The number of nitrogens with zero attached hydrogens (tertiary/aromatic N) is 2. The molecule has 1 aromatic heterocycles. The van der Waals surface area contributed by atoms with E-state index in [1.54, 1.807) is 4.57 Å². The minimum absolute atomic E-state index is 0.0254. The molecule has 2 aromatic carbocycles. The first-order valence-corrected chi connectivity index (χ1v) is 8.27. The Kier molecular flexibility index (Phi) is 4.27. The van der Waals surface area contributed by atoms with Crippen molar-refractivity contribution >= 4 is 16.9 Å². The lowest BCUT2D eigenvalue weighted by atomic mass is 9.85. The maximum atomic E-state index is 13.2. The van der Waals surface area contributed by atoms with Crippen LogP contribution in [-0.2, 0) is 0 Å². The van der Waals surface area contributed by atoms with Crippen LogP contribution in [0.3, 0.4) is 0 Å². The maximum Gasteiger partial charge on any atom is 0.239 e. The summed E-state index contributed by atoms with van der Waals surface area (Å²) in [4.78, 5) is 17.9. The zero-order chi connectivity index (χ0) is 17.3. The first kappa shape index (κ1) is 16.4. The number of carbonyl (C=O) groups is 1. The molecule has 0 amide bonds. The summed E-state index contributed by atoms with van der Waals surface area (Å²) in [7, 11) is 0. The SMILES string of the molecule is C[C](CC(C)(C)C)C(=O)n1c(-c2ccccc2)nc2ccccc21. The molecule has 3 rings (SSSR count). The standard InChI is InChI=1S/C21H23N2O/c1-15(14-21(2,3)4)20(24)23-18-13-9-8-12-17(18)22-19(23)16-10-6-5-7-11-16/h5-13H,14H2,1-4H3. The van der Waals surface area contributed by atoms with Gasteiger partial charge in [0.05, 0.1) is 17.0 Å². The van der Waals surface area contributed by atoms with E-state index in [0.717, 1.165) is 28.9 Å². The summed E-state index contributed by atoms with van der Waals surface area (Å²) in [6.07, 6.45) is 0.757. The van der Waals surface area contributed by atoms with E-state index in [0.29, 0.717) is 5.82 Å². The van der Waals surface area contributed by atoms with Gasteiger partial charge in [-0.25, -0.2) is 4.98 Å². The van der Waals surface area contributed by atoms with Crippen LogP contribution in [0.4, 0.5) is 0 Å². The molecule has 0 bridgehead atoms. The molecular weight excluding hydrogens is 296 g/mol. The largest absolute Gasteiger partial charge is 0.273 e. The Bertz CT molecular complexity index is 856. The minimum Gasteiger partial charge on any atom is -0.273 e. The van der Waals surface area contributed by atoms with E-state index >= 15 is 0 Å². The maximum absolute atomic E-state index is 13.2. The topological polar surface area (TPSA) is 34.9 Å². The monoisotopic (exact) mass is 319 g/mol. The average molecular weight is 319 g/mol. The summed E-state index contributed by atoms with van der Waals surface area (Å²) in [5, 5.41) is 0. The number of imidazole rings is 1. The van der Waals surface area contributed by atoms with Crippen LogP contribution < -0.4 is 0 Å². The number of aromatic nitrogens is 2. The average Bonchev–Trinajstić information content (AvgIpc) is 2.92. The summed E-state index contributed by atoms with van der Waals surface area (Å²) in [6, 6.07) is 17.7. The van der Waals surface area contributed by atoms with Crippen LogP contribution in [0.15, 0.2) is 54.6 Å². The smallest absolute Gasteiger partial charge is 0.239 e. The molecule has 3 nitrogen and oxygen atoms in total. The second kappa shape index (κ2) is 6.23. The van der Waals surface area contributed by atoms with Crippen LogP contribution in [0.2, 0.25) is 0 Å². The van der Waals surface area contributed by atoms with Crippen molar-refractivity contribution in [3.8, 4) is 11.4 Å². The van der Waals surface area contributed by atoms with Gasteiger partial charge in [0.25, 0.3) is 0 Å².